The van der Waals surface area contributed by atoms with E-state index in [0.29, 0.717) is 22.1 Å². The van der Waals surface area contributed by atoms with Gasteiger partial charge in [-0.3, -0.25) is 9.79 Å². The fourth-order valence-electron chi connectivity index (χ4n) is 4.32. The number of benzene rings is 2. The molecule has 35 heavy (non-hydrogen) atoms. The number of rotatable bonds is 5. The van der Waals surface area contributed by atoms with Crippen LogP contribution in [0.15, 0.2) is 82.7 Å². The molecule has 3 heterocycles. The van der Waals surface area contributed by atoms with Gasteiger partial charge in [0.2, 0.25) is 0 Å². The van der Waals surface area contributed by atoms with Crippen LogP contribution in [0.2, 0.25) is 5.15 Å². The van der Waals surface area contributed by atoms with Gasteiger partial charge in [0.1, 0.15) is 16.5 Å². The van der Waals surface area contributed by atoms with Gasteiger partial charge in [0, 0.05) is 23.0 Å². The van der Waals surface area contributed by atoms with Crippen molar-refractivity contribution in [3.8, 4) is 33.5 Å². The molecule has 0 aliphatic rings. The molecule has 6 nitrogen and oxygen atoms in total. The van der Waals surface area contributed by atoms with Crippen molar-refractivity contribution < 1.29 is 0 Å². The van der Waals surface area contributed by atoms with Gasteiger partial charge in [0.05, 0.1) is 16.8 Å². The highest BCUT2D eigenvalue weighted by atomic mass is 35.5. The second kappa shape index (κ2) is 9.16. The Morgan fingerprint density at radius 3 is 2.54 bits per heavy atom. The van der Waals surface area contributed by atoms with E-state index in [1.165, 1.54) is 4.52 Å². The van der Waals surface area contributed by atoms with Gasteiger partial charge in [-0.15, -0.1) is 0 Å². The summed E-state index contributed by atoms with van der Waals surface area (Å²) < 4.78 is 1.43. The van der Waals surface area contributed by atoms with Crippen molar-refractivity contribution in [1.29, 1.82) is 0 Å². The zero-order valence-electron chi connectivity index (χ0n) is 19.3. The molecular formula is C28H22ClN5O. The standard InChI is InChI=1S/C28H22ClN5O/c1-4-8-19-15-20(11-12-22(19)30-3)24-17(2)32-27-25(18-9-6-5-7-10-18)26(33-34(27)28(24)35)21-13-14-31-23(29)16-21/h4-16,32H,3H2,1-2H3/b8-4-. The lowest BCUT2D eigenvalue weighted by Gasteiger charge is -2.10. The summed E-state index contributed by atoms with van der Waals surface area (Å²) in [5.74, 6) is 0. The van der Waals surface area contributed by atoms with E-state index in [4.69, 9.17) is 16.7 Å². The maximum absolute atomic E-state index is 13.9. The summed E-state index contributed by atoms with van der Waals surface area (Å²) in [5, 5.41) is 5.12. The topological polar surface area (TPSA) is 75.4 Å². The number of fused-ring (bicyclic) bond motifs is 1. The molecule has 0 fully saturated rings. The molecule has 1 N–H and O–H groups in total. The van der Waals surface area contributed by atoms with Crippen LogP contribution >= 0.6 is 11.6 Å². The van der Waals surface area contributed by atoms with E-state index in [1.807, 2.05) is 80.6 Å². The van der Waals surface area contributed by atoms with Crippen molar-refractivity contribution in [3.63, 3.8) is 0 Å². The van der Waals surface area contributed by atoms with Crippen LogP contribution in [0, 0.1) is 6.92 Å². The molecule has 0 saturated carbocycles. The zero-order valence-corrected chi connectivity index (χ0v) is 20.0. The van der Waals surface area contributed by atoms with E-state index >= 15 is 0 Å². The lowest BCUT2D eigenvalue weighted by molar-refractivity contribution is 0.896. The zero-order chi connectivity index (χ0) is 24.5. The number of halogens is 1. The summed E-state index contributed by atoms with van der Waals surface area (Å²) in [7, 11) is 0. The van der Waals surface area contributed by atoms with Gasteiger partial charge in [-0.25, -0.2) is 4.98 Å². The lowest BCUT2D eigenvalue weighted by atomic mass is 10.0. The molecule has 0 bridgehead atoms. The SMILES string of the molecule is C=Nc1ccc(-c2c(C)[nH]c3c(-c4ccccc4)c(-c4ccnc(Cl)c4)nn3c2=O)cc1/C=C\C. The predicted octanol–water partition coefficient (Wildman–Crippen LogP) is 6.75. The van der Waals surface area contributed by atoms with Crippen molar-refractivity contribution in [2.24, 2.45) is 4.99 Å². The van der Waals surface area contributed by atoms with Crippen LogP contribution < -0.4 is 5.56 Å². The van der Waals surface area contributed by atoms with E-state index in [9.17, 15) is 4.79 Å². The van der Waals surface area contributed by atoms with E-state index in [1.54, 1.807) is 12.3 Å². The Morgan fingerprint density at radius 1 is 1.03 bits per heavy atom. The third-order valence-corrected chi connectivity index (χ3v) is 6.07. The highest BCUT2D eigenvalue weighted by molar-refractivity contribution is 6.29. The molecule has 5 rings (SSSR count). The monoisotopic (exact) mass is 479 g/mol. The molecule has 0 radical (unpaired) electrons. The van der Waals surface area contributed by atoms with Gasteiger partial charge >= 0.3 is 0 Å². The molecule has 2 aromatic carbocycles. The number of hydrogen-bond acceptors (Lipinski definition) is 4. The fraction of sp³-hybridized carbons (Fsp3) is 0.0714. The van der Waals surface area contributed by atoms with Crippen molar-refractivity contribution in [3.05, 3.63) is 99.7 Å². The van der Waals surface area contributed by atoms with Crippen LogP contribution in [-0.2, 0) is 0 Å². The Bertz CT molecular complexity index is 1660. The molecule has 0 saturated heterocycles. The minimum absolute atomic E-state index is 0.217. The van der Waals surface area contributed by atoms with Crippen LogP contribution in [0.25, 0.3) is 45.2 Å². The molecular weight excluding hydrogens is 458 g/mol. The van der Waals surface area contributed by atoms with Gasteiger partial charge < -0.3 is 4.98 Å². The van der Waals surface area contributed by atoms with E-state index in [2.05, 4.69) is 21.7 Å². The van der Waals surface area contributed by atoms with Crippen molar-refractivity contribution in [1.82, 2.24) is 19.6 Å². The molecule has 0 spiro atoms. The number of allylic oxidation sites excluding steroid dienone is 1. The number of aromatic nitrogens is 4. The smallest absolute Gasteiger partial charge is 0.282 e. The maximum atomic E-state index is 13.9. The van der Waals surface area contributed by atoms with Gasteiger partial charge in [0.15, 0.2) is 0 Å². The molecule has 7 heteroatoms. The Labute approximate surface area is 207 Å². The normalized spacial score (nSPS) is 11.4. The number of nitrogens with zero attached hydrogens (tertiary/aromatic N) is 4. The molecule has 3 aromatic heterocycles. The van der Waals surface area contributed by atoms with E-state index in [0.717, 1.165) is 39.2 Å². The average Bonchev–Trinajstić information content (AvgIpc) is 3.24. The lowest BCUT2D eigenvalue weighted by Crippen LogP contribution is -2.19. The first-order valence-corrected chi connectivity index (χ1v) is 11.5. The molecule has 0 amide bonds. The second-order valence-electron chi connectivity index (χ2n) is 8.08. The predicted molar refractivity (Wildman–Crippen MR) is 144 cm³/mol. The summed E-state index contributed by atoms with van der Waals surface area (Å²) in [5.41, 5.74) is 7.27. The quantitative estimate of drug-likeness (QED) is 0.224. The minimum atomic E-state index is -0.217. The number of aryl methyl sites for hydroxylation is 1. The first-order valence-electron chi connectivity index (χ1n) is 11.1. The van der Waals surface area contributed by atoms with Crippen molar-refractivity contribution in [2.75, 3.05) is 0 Å². The van der Waals surface area contributed by atoms with Crippen LogP contribution in [-0.4, -0.2) is 26.3 Å². The molecule has 0 aliphatic heterocycles. The molecule has 0 unspecified atom stereocenters. The minimum Gasteiger partial charge on any atom is -0.343 e. The average molecular weight is 480 g/mol. The van der Waals surface area contributed by atoms with E-state index in [-0.39, 0.29) is 5.56 Å². The van der Waals surface area contributed by atoms with Gasteiger partial charge in [-0.1, -0.05) is 60.2 Å². The Balaban J connectivity index is 1.83. The summed E-state index contributed by atoms with van der Waals surface area (Å²) in [6, 6.07) is 19.1. The van der Waals surface area contributed by atoms with Crippen LogP contribution in [0.4, 0.5) is 5.69 Å². The van der Waals surface area contributed by atoms with Crippen molar-refractivity contribution >= 4 is 35.7 Å². The number of hydrogen-bond donors (Lipinski definition) is 1. The van der Waals surface area contributed by atoms with Crippen LogP contribution in [0.1, 0.15) is 18.2 Å². The highest BCUT2D eigenvalue weighted by Gasteiger charge is 2.22. The van der Waals surface area contributed by atoms with Crippen molar-refractivity contribution in [2.45, 2.75) is 13.8 Å². The number of H-pyrrole nitrogens is 1. The van der Waals surface area contributed by atoms with Gasteiger partial charge in [0.25, 0.3) is 5.56 Å². The summed E-state index contributed by atoms with van der Waals surface area (Å²) >= 11 is 6.19. The molecule has 5 aromatic rings. The largest absolute Gasteiger partial charge is 0.343 e. The summed E-state index contributed by atoms with van der Waals surface area (Å²) in [4.78, 5) is 25.5. The van der Waals surface area contributed by atoms with Gasteiger partial charge in [-0.05, 0) is 56.0 Å². The second-order valence-corrected chi connectivity index (χ2v) is 8.47. The van der Waals surface area contributed by atoms with Crippen LogP contribution in [0.5, 0.6) is 0 Å². The van der Waals surface area contributed by atoms with E-state index < -0.39 is 0 Å². The molecule has 0 aliphatic carbocycles. The third kappa shape index (κ3) is 3.98. The number of aliphatic imine (C=N–C) groups is 1. The first-order chi connectivity index (χ1) is 17.0. The summed E-state index contributed by atoms with van der Waals surface area (Å²) in [6.07, 6.45) is 5.51. The number of nitrogens with one attached hydrogen (secondary N) is 1. The first kappa shape index (κ1) is 22.5. The third-order valence-electron chi connectivity index (χ3n) is 5.87. The number of pyridine rings is 1. The maximum Gasteiger partial charge on any atom is 0.282 e. The number of aromatic amines is 1. The van der Waals surface area contributed by atoms with Crippen LogP contribution in [0.3, 0.4) is 0 Å². The fourth-order valence-corrected chi connectivity index (χ4v) is 4.50. The highest BCUT2D eigenvalue weighted by Crippen LogP contribution is 2.35. The summed E-state index contributed by atoms with van der Waals surface area (Å²) in [6.45, 7) is 7.48. The molecule has 172 valence electrons. The Hall–Kier alpha value is -4.29. The molecule has 0 atom stereocenters. The Kier molecular flexibility index (Phi) is 5.89. The Morgan fingerprint density at radius 2 is 1.83 bits per heavy atom. The van der Waals surface area contributed by atoms with Gasteiger partial charge in [-0.2, -0.15) is 9.61 Å².